The molecule has 4 rings (SSSR count). The molecule has 0 fully saturated rings. The number of amidine groups is 1. The number of ether oxygens (including phenoxy) is 1. The molecule has 2 aliphatic heterocycles. The van der Waals surface area contributed by atoms with Gasteiger partial charge in [0, 0.05) is 18.5 Å². The maximum atomic E-state index is 15.1. The number of carbonyl (C=O) groups is 1. The summed E-state index contributed by atoms with van der Waals surface area (Å²) in [5.41, 5.74) is 6.12. The second-order valence-electron chi connectivity index (χ2n) is 8.71. The van der Waals surface area contributed by atoms with E-state index in [1.807, 2.05) is 0 Å². The summed E-state index contributed by atoms with van der Waals surface area (Å²) in [4.78, 5) is 25.4. The number of aliphatic imine (C=N–C) groups is 1. The number of ketones is 1. The molecule has 1 aromatic carbocycles. The van der Waals surface area contributed by atoms with Crippen LogP contribution in [0.5, 0.6) is 5.88 Å². The molecule has 8 nitrogen and oxygen atoms in total. The molecule has 0 saturated heterocycles. The van der Waals surface area contributed by atoms with Crippen LogP contribution in [-0.4, -0.2) is 49.4 Å². The second-order valence-corrected chi connectivity index (χ2v) is 11.7. The van der Waals surface area contributed by atoms with Crippen molar-refractivity contribution in [3.63, 3.8) is 0 Å². The molecule has 3 heterocycles. The molecule has 10 heteroatoms. The lowest BCUT2D eigenvalue weighted by molar-refractivity contribution is 0.0987. The van der Waals surface area contributed by atoms with Crippen LogP contribution in [0.1, 0.15) is 48.8 Å². The van der Waals surface area contributed by atoms with Gasteiger partial charge < -0.3 is 10.5 Å². The summed E-state index contributed by atoms with van der Waals surface area (Å²) in [5, 5.41) is -0.481. The predicted molar refractivity (Wildman–Crippen MR) is 120 cm³/mol. The van der Waals surface area contributed by atoms with Gasteiger partial charge in [0.2, 0.25) is 5.88 Å². The molecule has 0 saturated carbocycles. The van der Waals surface area contributed by atoms with Crippen LogP contribution in [0.2, 0.25) is 0 Å². The first-order chi connectivity index (χ1) is 15.0. The number of hydrogen-bond acceptors (Lipinski definition) is 8. The van der Waals surface area contributed by atoms with Gasteiger partial charge in [0.15, 0.2) is 5.78 Å². The number of carbonyl (C=O) groups excluding carboxylic acids is 1. The van der Waals surface area contributed by atoms with Crippen LogP contribution in [-0.2, 0) is 21.7 Å². The SMILES string of the molecule is COc1cnc(C(=O)Cc2ccc(F)c([C@@]3(C)N=C(N)C(C)(C)[S@@]4(=O)=NCC[C@@H]34)c2)cn1. The largest absolute Gasteiger partial charge is 0.480 e. The Balaban J connectivity index is 1.73. The van der Waals surface area contributed by atoms with Gasteiger partial charge in [-0.2, -0.15) is 0 Å². The third-order valence-corrected chi connectivity index (χ3v) is 10.2. The Kier molecular flexibility index (Phi) is 5.31. The molecular weight excluding hydrogens is 433 g/mol. The second kappa shape index (κ2) is 7.61. The number of nitrogens with two attached hydrogens (primary N) is 1. The molecule has 2 N–H and O–H groups in total. The van der Waals surface area contributed by atoms with Crippen LogP contribution in [0.15, 0.2) is 39.9 Å². The quantitative estimate of drug-likeness (QED) is 0.687. The normalized spacial score (nSPS) is 28.4. The van der Waals surface area contributed by atoms with Crippen molar-refractivity contribution >= 4 is 21.3 Å². The van der Waals surface area contributed by atoms with E-state index in [4.69, 9.17) is 10.5 Å². The highest BCUT2D eigenvalue weighted by atomic mass is 32.2. The summed E-state index contributed by atoms with van der Waals surface area (Å²) >= 11 is 0. The van der Waals surface area contributed by atoms with Gasteiger partial charge >= 0.3 is 0 Å². The zero-order valence-electron chi connectivity index (χ0n) is 18.5. The van der Waals surface area contributed by atoms with Crippen LogP contribution in [0.4, 0.5) is 4.39 Å². The van der Waals surface area contributed by atoms with Gasteiger partial charge in [-0.3, -0.25) is 9.79 Å². The zero-order chi connectivity index (χ0) is 23.3. The highest BCUT2D eigenvalue weighted by Gasteiger charge is 2.56. The molecule has 0 unspecified atom stereocenters. The third kappa shape index (κ3) is 3.28. The van der Waals surface area contributed by atoms with Gasteiger partial charge in [-0.15, -0.1) is 0 Å². The zero-order valence-corrected chi connectivity index (χ0v) is 19.3. The fourth-order valence-electron chi connectivity index (χ4n) is 4.42. The topological polar surface area (TPSA) is 120 Å². The molecule has 3 atom stereocenters. The highest BCUT2D eigenvalue weighted by Crippen LogP contribution is 2.47. The van der Waals surface area contributed by atoms with E-state index in [-0.39, 0.29) is 29.3 Å². The molecular formula is C22H26FN5O3S. The molecule has 0 bridgehead atoms. The molecule has 0 radical (unpaired) electrons. The number of nitrogens with zero attached hydrogens (tertiary/aromatic N) is 4. The van der Waals surface area contributed by atoms with Crippen LogP contribution >= 0.6 is 0 Å². The predicted octanol–water partition coefficient (Wildman–Crippen LogP) is 2.65. The van der Waals surface area contributed by atoms with Gasteiger partial charge in [0.25, 0.3) is 0 Å². The molecule has 1 aromatic heterocycles. The number of benzene rings is 1. The maximum absolute atomic E-state index is 15.1. The first-order valence-electron chi connectivity index (χ1n) is 10.3. The number of aromatic nitrogens is 2. The Bertz CT molecular complexity index is 1230. The fourth-order valence-corrected chi connectivity index (χ4v) is 7.58. The summed E-state index contributed by atoms with van der Waals surface area (Å²) in [5.74, 6) is -0.255. The molecule has 0 amide bonds. The summed E-state index contributed by atoms with van der Waals surface area (Å²) in [6, 6.07) is 4.47. The van der Waals surface area contributed by atoms with Crippen molar-refractivity contribution in [3.05, 3.63) is 53.2 Å². The number of fused-ring (bicyclic) bond motifs is 1. The van der Waals surface area contributed by atoms with E-state index in [2.05, 4.69) is 19.3 Å². The van der Waals surface area contributed by atoms with Crippen molar-refractivity contribution in [2.24, 2.45) is 15.1 Å². The lowest BCUT2D eigenvalue weighted by Gasteiger charge is -2.44. The number of halogens is 1. The number of rotatable bonds is 5. The lowest BCUT2D eigenvalue weighted by atomic mass is 9.84. The minimum Gasteiger partial charge on any atom is -0.480 e. The van der Waals surface area contributed by atoms with Crippen LogP contribution in [0.25, 0.3) is 0 Å². The van der Waals surface area contributed by atoms with Crippen LogP contribution in [0, 0.1) is 5.82 Å². The van der Waals surface area contributed by atoms with E-state index in [0.29, 0.717) is 24.4 Å². The monoisotopic (exact) mass is 459 g/mol. The Labute approximate surface area is 186 Å². The average molecular weight is 460 g/mol. The molecule has 0 aliphatic carbocycles. The average Bonchev–Trinajstić information content (AvgIpc) is 3.18. The summed E-state index contributed by atoms with van der Waals surface area (Å²) in [6.45, 7) is 5.72. The summed E-state index contributed by atoms with van der Waals surface area (Å²) in [7, 11) is -1.31. The van der Waals surface area contributed by atoms with E-state index >= 15 is 4.39 Å². The maximum Gasteiger partial charge on any atom is 0.232 e. The smallest absolute Gasteiger partial charge is 0.232 e. The number of methoxy groups -OCH3 is 1. The van der Waals surface area contributed by atoms with E-state index in [9.17, 15) is 9.00 Å². The van der Waals surface area contributed by atoms with Gasteiger partial charge in [-0.05, 0) is 44.9 Å². The fraction of sp³-hybridized carbons (Fsp3) is 0.455. The lowest BCUT2D eigenvalue weighted by Crippen LogP contribution is -2.58. The van der Waals surface area contributed by atoms with E-state index in [1.54, 1.807) is 32.9 Å². The van der Waals surface area contributed by atoms with Crippen LogP contribution in [0.3, 0.4) is 0 Å². The van der Waals surface area contributed by atoms with Gasteiger partial charge in [-0.1, -0.05) is 6.07 Å². The standard InChI is InChI=1S/C22H26FN5O3S/c1-21(2)20(24)28-22(3,18-7-8-27-32(18,21)30)14-9-13(5-6-15(14)23)10-17(29)16-11-26-19(31-4)12-25-16/h5-6,9,11-12,18H,7-8,10H2,1-4H3,(H2,24,28)/t18-,22+,32+/m0/s1. The van der Waals surface area contributed by atoms with Gasteiger partial charge in [0.05, 0.1) is 34.5 Å². The van der Waals surface area contributed by atoms with E-state index < -0.39 is 31.1 Å². The Hall–Kier alpha value is -2.88. The minimum absolute atomic E-state index is 0.000521. The number of Topliss-reactive ketones (excluding diaryl/α,β-unsaturated/α-hetero) is 1. The summed E-state index contributed by atoms with van der Waals surface area (Å²) in [6.07, 6.45) is 3.24. The van der Waals surface area contributed by atoms with E-state index in [1.165, 1.54) is 25.6 Å². The van der Waals surface area contributed by atoms with Crippen LogP contribution < -0.4 is 10.5 Å². The van der Waals surface area contributed by atoms with Crippen molar-refractivity contribution in [1.29, 1.82) is 0 Å². The minimum atomic E-state index is -2.78. The highest BCUT2D eigenvalue weighted by molar-refractivity contribution is 7.96. The Morgan fingerprint density at radius 3 is 2.69 bits per heavy atom. The van der Waals surface area contributed by atoms with Crippen molar-refractivity contribution in [2.45, 2.75) is 49.1 Å². The third-order valence-electron chi connectivity index (χ3n) is 6.45. The Morgan fingerprint density at radius 2 is 2.03 bits per heavy atom. The molecule has 2 aliphatic rings. The van der Waals surface area contributed by atoms with Crippen molar-refractivity contribution in [2.75, 3.05) is 13.7 Å². The number of hydrogen-bond donors (Lipinski definition) is 1. The molecule has 0 spiro atoms. The summed E-state index contributed by atoms with van der Waals surface area (Å²) < 4.78 is 37.5. The molecule has 2 aromatic rings. The Morgan fingerprint density at radius 1 is 1.28 bits per heavy atom. The first kappa shape index (κ1) is 22.3. The van der Waals surface area contributed by atoms with Crippen molar-refractivity contribution in [1.82, 2.24) is 9.97 Å². The van der Waals surface area contributed by atoms with Gasteiger partial charge in [-0.25, -0.2) is 22.9 Å². The molecule has 170 valence electrons. The van der Waals surface area contributed by atoms with Gasteiger partial charge in [0.1, 0.15) is 27.6 Å². The van der Waals surface area contributed by atoms with Crippen molar-refractivity contribution < 1.29 is 18.1 Å². The van der Waals surface area contributed by atoms with Crippen molar-refractivity contribution in [3.8, 4) is 5.88 Å². The van der Waals surface area contributed by atoms with E-state index in [0.717, 1.165) is 0 Å². The first-order valence-corrected chi connectivity index (χ1v) is 11.9. The molecule has 32 heavy (non-hydrogen) atoms.